The van der Waals surface area contributed by atoms with Crippen LogP contribution in [0.4, 0.5) is 0 Å². The minimum Gasteiger partial charge on any atom is -0.506 e. The van der Waals surface area contributed by atoms with Crippen molar-refractivity contribution in [2.75, 3.05) is 6.61 Å². The Labute approximate surface area is 162 Å². The van der Waals surface area contributed by atoms with Crippen molar-refractivity contribution in [3.8, 4) is 22.8 Å². The van der Waals surface area contributed by atoms with Crippen molar-refractivity contribution in [2.45, 2.75) is 33.1 Å². The Morgan fingerprint density at radius 1 is 1.25 bits per heavy atom. The van der Waals surface area contributed by atoms with E-state index in [1.165, 1.54) is 0 Å². The number of hydrogen-bond donors (Lipinski definition) is 3. The van der Waals surface area contributed by atoms with Gasteiger partial charge in [0.05, 0.1) is 17.8 Å². The number of carboxylic acids is 1. The smallest absolute Gasteiger partial charge is 0.345 e. The molecule has 3 N–H and O–H groups in total. The van der Waals surface area contributed by atoms with E-state index in [9.17, 15) is 19.8 Å². The van der Waals surface area contributed by atoms with Crippen LogP contribution in [0.1, 0.15) is 42.6 Å². The van der Waals surface area contributed by atoms with Crippen LogP contribution in [0.3, 0.4) is 0 Å². The molecule has 0 bridgehead atoms. The zero-order valence-electron chi connectivity index (χ0n) is 16.2. The SMILES string of the molecule is CCCCOc1c(-c2[nH]c(=O)c(C(=O)O)c(O)c2CC)ccc2c1ccn2C. The van der Waals surface area contributed by atoms with E-state index < -0.39 is 22.8 Å². The van der Waals surface area contributed by atoms with Gasteiger partial charge in [-0.25, -0.2) is 4.79 Å². The second-order valence-corrected chi connectivity index (χ2v) is 6.69. The maximum atomic E-state index is 12.3. The second kappa shape index (κ2) is 7.80. The molecule has 3 aromatic rings. The van der Waals surface area contributed by atoms with E-state index in [-0.39, 0.29) is 0 Å². The molecule has 1 aromatic carbocycles. The fraction of sp³-hybridized carbons (Fsp3) is 0.333. The van der Waals surface area contributed by atoms with E-state index in [0.29, 0.717) is 35.6 Å². The van der Waals surface area contributed by atoms with Crippen LogP contribution >= 0.6 is 0 Å². The average Bonchev–Trinajstić information content (AvgIpc) is 3.02. The number of benzene rings is 1. The lowest BCUT2D eigenvalue weighted by Crippen LogP contribution is -2.20. The van der Waals surface area contributed by atoms with Gasteiger partial charge in [0.25, 0.3) is 5.56 Å². The lowest BCUT2D eigenvalue weighted by molar-refractivity contribution is 0.0691. The fourth-order valence-electron chi connectivity index (χ4n) is 3.40. The zero-order valence-corrected chi connectivity index (χ0v) is 16.2. The molecule has 3 rings (SSSR count). The standard InChI is InChI=1S/C21H24N2O5/c1-4-6-11-28-19-13-9-10-23(3)15(13)8-7-14(19)17-12(5-2)18(24)16(21(26)27)20(25)22-17/h7-10H,4-6,11H2,1-3H3,(H,26,27)(H2,22,24,25). The molecule has 0 saturated carbocycles. The summed E-state index contributed by atoms with van der Waals surface area (Å²) in [7, 11) is 1.94. The quantitative estimate of drug-likeness (QED) is 0.539. The number of H-pyrrole nitrogens is 1. The summed E-state index contributed by atoms with van der Waals surface area (Å²) in [6.07, 6.45) is 4.13. The van der Waals surface area contributed by atoms with Crippen molar-refractivity contribution in [2.24, 2.45) is 7.05 Å². The lowest BCUT2D eigenvalue weighted by atomic mass is 9.98. The van der Waals surface area contributed by atoms with E-state index >= 15 is 0 Å². The van der Waals surface area contributed by atoms with Gasteiger partial charge in [0.15, 0.2) is 5.56 Å². The number of unbranched alkanes of at least 4 members (excludes halogenated alkanes) is 1. The summed E-state index contributed by atoms with van der Waals surface area (Å²) in [5.41, 5.74) is 0.859. The third-order valence-electron chi connectivity index (χ3n) is 4.89. The van der Waals surface area contributed by atoms with Crippen LogP contribution in [0.15, 0.2) is 29.2 Å². The topological polar surface area (TPSA) is 105 Å². The molecule has 7 nitrogen and oxygen atoms in total. The molecule has 0 saturated heterocycles. The molecule has 148 valence electrons. The molecular weight excluding hydrogens is 360 g/mol. The molecule has 0 radical (unpaired) electrons. The summed E-state index contributed by atoms with van der Waals surface area (Å²) in [6.45, 7) is 4.38. The van der Waals surface area contributed by atoms with Gasteiger partial charge in [0.1, 0.15) is 11.5 Å². The summed E-state index contributed by atoms with van der Waals surface area (Å²) in [5.74, 6) is -1.35. The molecule has 2 aromatic heterocycles. The van der Waals surface area contributed by atoms with E-state index in [2.05, 4.69) is 11.9 Å². The van der Waals surface area contributed by atoms with E-state index in [1.807, 2.05) is 36.0 Å². The molecule has 28 heavy (non-hydrogen) atoms. The Bertz CT molecular complexity index is 1090. The van der Waals surface area contributed by atoms with Gasteiger partial charge < -0.3 is 24.5 Å². The minimum absolute atomic E-state index is 0.347. The first kappa shape index (κ1) is 19.5. The van der Waals surface area contributed by atoms with Crippen LogP contribution in [0.25, 0.3) is 22.2 Å². The van der Waals surface area contributed by atoms with Crippen LogP contribution in [0.5, 0.6) is 11.5 Å². The van der Waals surface area contributed by atoms with E-state index in [4.69, 9.17) is 4.74 Å². The van der Waals surface area contributed by atoms with Gasteiger partial charge in [0.2, 0.25) is 0 Å². The molecule has 0 aliphatic heterocycles. The van der Waals surface area contributed by atoms with Gasteiger partial charge in [0, 0.05) is 29.8 Å². The number of aromatic amines is 1. The number of nitrogens with zero attached hydrogens (tertiary/aromatic N) is 1. The van der Waals surface area contributed by atoms with E-state index in [1.54, 1.807) is 6.92 Å². The fourth-order valence-corrected chi connectivity index (χ4v) is 3.40. The highest BCUT2D eigenvalue weighted by Gasteiger charge is 2.24. The molecular formula is C21H24N2O5. The van der Waals surface area contributed by atoms with Crippen molar-refractivity contribution in [1.29, 1.82) is 0 Å². The zero-order chi connectivity index (χ0) is 20.4. The van der Waals surface area contributed by atoms with Crippen molar-refractivity contribution < 1.29 is 19.7 Å². The number of ether oxygens (including phenoxy) is 1. The number of pyridine rings is 1. The summed E-state index contributed by atoms with van der Waals surface area (Å²) < 4.78 is 8.05. The second-order valence-electron chi connectivity index (χ2n) is 6.69. The van der Waals surface area contributed by atoms with E-state index in [0.717, 1.165) is 23.7 Å². The molecule has 0 spiro atoms. The number of rotatable bonds is 7. The van der Waals surface area contributed by atoms with Crippen LogP contribution in [-0.4, -0.2) is 32.3 Å². The predicted octanol–water partition coefficient (Wildman–Crippen LogP) is 3.68. The van der Waals surface area contributed by atoms with Crippen LogP contribution < -0.4 is 10.3 Å². The number of hydrogen-bond acceptors (Lipinski definition) is 4. The van der Waals surface area contributed by atoms with Gasteiger partial charge in [-0.05, 0) is 31.0 Å². The Morgan fingerprint density at radius 2 is 2.00 bits per heavy atom. The Hall–Kier alpha value is -3.22. The van der Waals surface area contributed by atoms with Crippen LogP contribution in [0.2, 0.25) is 0 Å². The summed E-state index contributed by atoms with van der Waals surface area (Å²) >= 11 is 0. The van der Waals surface area contributed by atoms with Gasteiger partial charge in [-0.15, -0.1) is 0 Å². The molecule has 0 unspecified atom stereocenters. The van der Waals surface area contributed by atoms with Crippen LogP contribution in [-0.2, 0) is 13.5 Å². The minimum atomic E-state index is -1.46. The first-order chi connectivity index (χ1) is 13.4. The Morgan fingerprint density at radius 3 is 2.64 bits per heavy atom. The maximum absolute atomic E-state index is 12.3. The summed E-state index contributed by atoms with van der Waals surface area (Å²) in [6, 6.07) is 5.68. The molecule has 0 aliphatic carbocycles. The molecule has 0 fully saturated rings. The summed E-state index contributed by atoms with van der Waals surface area (Å²) in [5, 5.41) is 20.6. The predicted molar refractivity (Wildman–Crippen MR) is 107 cm³/mol. The number of nitrogens with one attached hydrogen (secondary N) is 1. The number of aromatic hydroxyl groups is 1. The number of carboxylic acid groups (broad SMARTS) is 1. The van der Waals surface area contributed by atoms with Gasteiger partial charge in [-0.2, -0.15) is 0 Å². The average molecular weight is 384 g/mol. The van der Waals surface area contributed by atoms with Gasteiger partial charge in [-0.1, -0.05) is 20.3 Å². The van der Waals surface area contributed by atoms with Gasteiger partial charge >= 0.3 is 5.97 Å². The number of fused-ring (bicyclic) bond motifs is 1. The molecule has 0 amide bonds. The molecule has 2 heterocycles. The molecule has 0 aliphatic rings. The normalized spacial score (nSPS) is 11.1. The number of aromatic carboxylic acids is 1. The highest BCUT2D eigenvalue weighted by atomic mass is 16.5. The monoisotopic (exact) mass is 384 g/mol. The largest absolute Gasteiger partial charge is 0.506 e. The van der Waals surface area contributed by atoms with Crippen LogP contribution in [0, 0.1) is 0 Å². The first-order valence-electron chi connectivity index (χ1n) is 9.33. The van der Waals surface area contributed by atoms with Crippen molar-refractivity contribution in [3.05, 3.63) is 45.9 Å². The molecule has 7 heteroatoms. The number of aromatic nitrogens is 2. The third-order valence-corrected chi connectivity index (χ3v) is 4.89. The first-order valence-corrected chi connectivity index (χ1v) is 9.33. The molecule has 0 atom stereocenters. The van der Waals surface area contributed by atoms with Crippen molar-refractivity contribution in [1.82, 2.24) is 9.55 Å². The van der Waals surface area contributed by atoms with Crippen molar-refractivity contribution >= 4 is 16.9 Å². The van der Waals surface area contributed by atoms with Crippen molar-refractivity contribution in [3.63, 3.8) is 0 Å². The van der Waals surface area contributed by atoms with Gasteiger partial charge in [-0.3, -0.25) is 4.79 Å². The lowest BCUT2D eigenvalue weighted by Gasteiger charge is -2.17. The maximum Gasteiger partial charge on any atom is 0.345 e. The number of aryl methyl sites for hydroxylation is 1. The Kier molecular flexibility index (Phi) is 5.44. The Balaban J connectivity index is 2.30. The highest BCUT2D eigenvalue weighted by Crippen LogP contribution is 2.40. The highest BCUT2D eigenvalue weighted by molar-refractivity contribution is 5.96. The number of carbonyl (C=O) groups is 1. The third kappa shape index (κ3) is 3.24. The summed E-state index contributed by atoms with van der Waals surface area (Å²) in [4.78, 5) is 26.4.